The minimum absolute atomic E-state index is 0.0970. The summed E-state index contributed by atoms with van der Waals surface area (Å²) in [6, 6.07) is 6.47. The summed E-state index contributed by atoms with van der Waals surface area (Å²) in [5, 5.41) is 1.14. The Kier molecular flexibility index (Phi) is 6.56. The van der Waals surface area contributed by atoms with Gasteiger partial charge in [0.15, 0.2) is 5.78 Å². The number of H-pyrrole nitrogens is 1. The van der Waals surface area contributed by atoms with Crippen molar-refractivity contribution in [1.29, 1.82) is 0 Å². The first-order valence-electron chi connectivity index (χ1n) is 12.8. The van der Waals surface area contributed by atoms with Gasteiger partial charge in [-0.1, -0.05) is 29.8 Å². The molecule has 1 aliphatic rings. The molecule has 8 nitrogen and oxygen atoms in total. The van der Waals surface area contributed by atoms with E-state index in [1.54, 1.807) is 42.1 Å². The average Bonchev–Trinajstić information content (AvgIpc) is 3.62. The van der Waals surface area contributed by atoms with Gasteiger partial charge in [0.25, 0.3) is 0 Å². The Morgan fingerprint density at radius 2 is 2.15 bits per heavy atom. The van der Waals surface area contributed by atoms with Crippen LogP contribution in [0.2, 0.25) is 5.02 Å². The minimum atomic E-state index is -0.636. The van der Waals surface area contributed by atoms with Crippen LogP contribution in [0.25, 0.3) is 38.5 Å². The smallest absolute Gasteiger partial charge is 0.355 e. The van der Waals surface area contributed by atoms with E-state index >= 15 is 4.39 Å². The molecule has 0 bridgehead atoms. The summed E-state index contributed by atoms with van der Waals surface area (Å²) in [6.45, 7) is 2.39. The van der Waals surface area contributed by atoms with Crippen molar-refractivity contribution in [3.63, 3.8) is 0 Å². The highest BCUT2D eigenvalue weighted by molar-refractivity contribution is 6.32. The maximum Gasteiger partial charge on any atom is 0.355 e. The number of esters is 1. The van der Waals surface area contributed by atoms with Gasteiger partial charge < -0.3 is 23.6 Å². The van der Waals surface area contributed by atoms with Crippen molar-refractivity contribution < 1.29 is 23.1 Å². The number of fused-ring (bicyclic) bond motifs is 4. The summed E-state index contributed by atoms with van der Waals surface area (Å²) >= 11 is 6.67. The molecule has 0 fully saturated rings. The monoisotopic (exact) mass is 560 g/mol. The molecule has 0 saturated carbocycles. The van der Waals surface area contributed by atoms with Gasteiger partial charge >= 0.3 is 5.97 Å². The lowest BCUT2D eigenvalue weighted by Gasteiger charge is -2.19. The number of ketones is 1. The van der Waals surface area contributed by atoms with Gasteiger partial charge in [0, 0.05) is 35.7 Å². The summed E-state index contributed by atoms with van der Waals surface area (Å²) in [4.78, 5) is 36.5. The molecule has 1 atom stereocenters. The number of halogens is 2. The second-order valence-electron chi connectivity index (χ2n) is 10.2. The van der Waals surface area contributed by atoms with Gasteiger partial charge in [-0.15, -0.1) is 0 Å². The number of Topliss-reactive ketones (excluding diaryl/α,β-unsaturated/α-hetero) is 1. The number of benzene rings is 2. The van der Waals surface area contributed by atoms with E-state index in [4.69, 9.17) is 20.8 Å². The fourth-order valence-electron chi connectivity index (χ4n) is 5.39. The van der Waals surface area contributed by atoms with Gasteiger partial charge in [0.2, 0.25) is 0 Å². The van der Waals surface area contributed by atoms with Crippen molar-refractivity contribution in [3.05, 3.63) is 82.7 Å². The number of carbonyl (C=O) groups excluding carboxylic acids is 2. The SMILES string of the molecule is CC(CN(C)C)OC(=O)c1c(C2=CC=CCC2=O)c2c3occc3c(F)cc2n1Cc1cc2[nH]cnc2cc1Cl. The number of aromatic amines is 1. The van der Waals surface area contributed by atoms with E-state index in [0.717, 1.165) is 5.52 Å². The van der Waals surface area contributed by atoms with Crippen LogP contribution in [0.1, 0.15) is 35.0 Å². The Bertz CT molecular complexity index is 1880. The number of rotatable bonds is 7. The standard InChI is InChI=1S/C30H26ClFN4O4/c1-16(13-35(2)3)40-30(38)28-26(19-6-4-5-7-25(19)37)27-24(12-21(32)18-8-9-39-29(18)27)36(28)14-17-10-22-23(11-20(17)31)34-15-33-22/h4-6,8-12,15-16H,7,13-14H2,1-3H3,(H,33,34). The van der Waals surface area contributed by atoms with Crippen LogP contribution >= 0.6 is 11.6 Å². The van der Waals surface area contributed by atoms with Crippen LogP contribution in [0.15, 0.2) is 59.5 Å². The highest BCUT2D eigenvalue weighted by Crippen LogP contribution is 2.41. The largest absolute Gasteiger partial charge is 0.463 e. The lowest BCUT2D eigenvalue weighted by Crippen LogP contribution is -2.29. The van der Waals surface area contributed by atoms with Crippen LogP contribution in [0.4, 0.5) is 4.39 Å². The number of furan rings is 1. The molecular weight excluding hydrogens is 535 g/mol. The quantitative estimate of drug-likeness (QED) is 0.241. The molecule has 0 aliphatic heterocycles. The molecule has 0 saturated heterocycles. The number of likely N-dealkylation sites (N-methyl/N-ethyl adjacent to an activating group) is 1. The molecule has 1 N–H and O–H groups in total. The van der Waals surface area contributed by atoms with Crippen molar-refractivity contribution >= 4 is 61.8 Å². The number of ether oxygens (including phenoxy) is 1. The summed E-state index contributed by atoms with van der Waals surface area (Å²) in [5.74, 6) is -1.32. The third-order valence-corrected chi connectivity index (χ3v) is 7.38. The fourth-order valence-corrected chi connectivity index (χ4v) is 5.61. The number of imidazole rings is 1. The number of carbonyl (C=O) groups is 2. The first kappa shape index (κ1) is 26.0. The third kappa shape index (κ3) is 4.41. The fraction of sp³-hybridized carbons (Fsp3) is 0.233. The van der Waals surface area contributed by atoms with Crippen LogP contribution in [0.3, 0.4) is 0 Å². The van der Waals surface area contributed by atoms with Crippen LogP contribution in [0.5, 0.6) is 0 Å². The summed E-state index contributed by atoms with van der Waals surface area (Å²) in [6.07, 6.45) is 7.88. The Labute approximate surface area is 233 Å². The summed E-state index contributed by atoms with van der Waals surface area (Å²) in [7, 11) is 3.77. The molecule has 5 aromatic rings. The lowest BCUT2D eigenvalue weighted by molar-refractivity contribution is -0.113. The summed E-state index contributed by atoms with van der Waals surface area (Å²) < 4.78 is 28.7. The van der Waals surface area contributed by atoms with Gasteiger partial charge in [0.05, 0.1) is 39.9 Å². The van der Waals surface area contributed by atoms with E-state index in [2.05, 4.69) is 9.97 Å². The third-order valence-electron chi connectivity index (χ3n) is 7.03. The molecule has 2 aromatic carbocycles. The Hall–Kier alpha value is -4.21. The van der Waals surface area contributed by atoms with E-state index in [9.17, 15) is 9.59 Å². The Balaban J connectivity index is 1.66. The number of nitrogens with zero attached hydrogens (tertiary/aromatic N) is 3. The second kappa shape index (κ2) is 10.1. The minimum Gasteiger partial charge on any atom is -0.463 e. The Morgan fingerprint density at radius 3 is 2.92 bits per heavy atom. The molecule has 6 rings (SSSR count). The van der Waals surface area contributed by atoms with Crippen molar-refractivity contribution in [2.45, 2.75) is 26.0 Å². The molecule has 0 amide bonds. The molecular formula is C30H26ClFN4O4. The number of nitrogens with one attached hydrogen (secondary N) is 1. The van der Waals surface area contributed by atoms with E-state index in [-0.39, 0.29) is 35.4 Å². The lowest BCUT2D eigenvalue weighted by atomic mass is 9.93. The molecule has 40 heavy (non-hydrogen) atoms. The molecule has 1 unspecified atom stereocenters. The van der Waals surface area contributed by atoms with E-state index < -0.39 is 17.9 Å². The highest BCUT2D eigenvalue weighted by Gasteiger charge is 2.33. The zero-order valence-corrected chi connectivity index (χ0v) is 22.9. The van der Waals surface area contributed by atoms with Crippen LogP contribution < -0.4 is 0 Å². The summed E-state index contributed by atoms with van der Waals surface area (Å²) in [5.41, 5.74) is 3.55. The zero-order chi connectivity index (χ0) is 28.1. The number of hydrogen-bond donors (Lipinski definition) is 1. The van der Waals surface area contributed by atoms with Crippen molar-refractivity contribution in [2.24, 2.45) is 0 Å². The van der Waals surface area contributed by atoms with Gasteiger partial charge in [-0.05, 0) is 50.8 Å². The van der Waals surface area contributed by atoms with E-state index in [1.807, 2.05) is 25.1 Å². The molecule has 0 spiro atoms. The van der Waals surface area contributed by atoms with Gasteiger partial charge in [-0.2, -0.15) is 0 Å². The number of aromatic nitrogens is 3. The number of allylic oxidation sites excluding steroid dienone is 4. The maximum atomic E-state index is 15.4. The molecule has 0 radical (unpaired) electrons. The van der Waals surface area contributed by atoms with Gasteiger partial charge in [-0.3, -0.25) is 4.79 Å². The van der Waals surface area contributed by atoms with E-state index in [1.165, 1.54) is 18.4 Å². The molecule has 204 valence electrons. The normalized spacial score (nSPS) is 14.6. The molecule has 3 aromatic heterocycles. The Morgan fingerprint density at radius 1 is 1.32 bits per heavy atom. The topological polar surface area (TPSA) is 93.4 Å². The van der Waals surface area contributed by atoms with E-state index in [0.29, 0.717) is 44.7 Å². The first-order valence-corrected chi connectivity index (χ1v) is 13.2. The zero-order valence-electron chi connectivity index (χ0n) is 22.1. The average molecular weight is 561 g/mol. The maximum absolute atomic E-state index is 15.4. The molecule has 10 heteroatoms. The van der Waals surface area contributed by atoms with Crippen LogP contribution in [0, 0.1) is 5.82 Å². The van der Waals surface area contributed by atoms with Crippen molar-refractivity contribution in [3.8, 4) is 0 Å². The second-order valence-corrected chi connectivity index (χ2v) is 10.6. The van der Waals surface area contributed by atoms with Crippen molar-refractivity contribution in [1.82, 2.24) is 19.4 Å². The predicted octanol–water partition coefficient (Wildman–Crippen LogP) is 6.12. The van der Waals surface area contributed by atoms with Gasteiger partial charge in [0.1, 0.15) is 23.2 Å². The van der Waals surface area contributed by atoms with Crippen LogP contribution in [-0.2, 0) is 16.1 Å². The predicted molar refractivity (Wildman–Crippen MR) is 152 cm³/mol. The molecule has 3 heterocycles. The first-order chi connectivity index (χ1) is 19.2. The van der Waals surface area contributed by atoms with Crippen molar-refractivity contribution in [2.75, 3.05) is 20.6 Å². The van der Waals surface area contributed by atoms with Crippen LogP contribution in [-0.4, -0.2) is 57.9 Å². The number of hydrogen-bond acceptors (Lipinski definition) is 6. The molecule has 1 aliphatic carbocycles. The highest BCUT2D eigenvalue weighted by atomic mass is 35.5. The van der Waals surface area contributed by atoms with Gasteiger partial charge in [-0.25, -0.2) is 14.2 Å².